The Labute approximate surface area is 164 Å². The molecule has 1 saturated heterocycles. The molecule has 0 saturated carbocycles. The molecule has 1 heterocycles. The monoisotopic (exact) mass is 383 g/mol. The van der Waals surface area contributed by atoms with Crippen molar-refractivity contribution in [3.8, 4) is 5.75 Å². The number of likely N-dealkylation sites (tertiary alicyclic amines) is 1. The van der Waals surface area contributed by atoms with Gasteiger partial charge in [-0.05, 0) is 36.6 Å². The highest BCUT2D eigenvalue weighted by Gasteiger charge is 2.30. The third-order valence-electron chi connectivity index (χ3n) is 4.70. The standard InChI is InChI=1S/C21H25N3O4/c1-27-14-20(25)23-17-13-16(10-11-19(17)28-2)22-21(26)24-12-6-9-18(24)15-7-4-3-5-8-15/h3-5,7-8,10-11,13,18H,6,9,12,14H2,1-2H3,(H,22,26)(H,23,25)/t18-/m0/s1. The van der Waals surface area contributed by atoms with E-state index in [4.69, 9.17) is 9.47 Å². The number of hydrogen-bond acceptors (Lipinski definition) is 4. The SMILES string of the molecule is COCC(=O)Nc1cc(NC(=O)N2CCC[C@H]2c2ccccc2)ccc1OC. The number of urea groups is 1. The highest BCUT2D eigenvalue weighted by Crippen LogP contribution is 2.33. The summed E-state index contributed by atoms with van der Waals surface area (Å²) < 4.78 is 10.1. The number of methoxy groups -OCH3 is 2. The second-order valence-corrected chi connectivity index (χ2v) is 6.59. The molecule has 1 fully saturated rings. The third kappa shape index (κ3) is 4.61. The first-order valence-corrected chi connectivity index (χ1v) is 9.21. The molecule has 0 radical (unpaired) electrons. The van der Waals surface area contributed by atoms with Crippen molar-refractivity contribution in [2.45, 2.75) is 18.9 Å². The summed E-state index contributed by atoms with van der Waals surface area (Å²) in [6.45, 7) is 0.644. The van der Waals surface area contributed by atoms with Gasteiger partial charge in [-0.1, -0.05) is 30.3 Å². The van der Waals surface area contributed by atoms with Crippen LogP contribution in [0.4, 0.5) is 16.2 Å². The van der Waals surface area contributed by atoms with E-state index in [1.165, 1.54) is 14.2 Å². The van der Waals surface area contributed by atoms with Gasteiger partial charge in [0.1, 0.15) is 12.4 Å². The Morgan fingerprint density at radius 1 is 1.11 bits per heavy atom. The molecule has 0 aromatic heterocycles. The fourth-order valence-corrected chi connectivity index (χ4v) is 3.43. The van der Waals surface area contributed by atoms with Crippen molar-refractivity contribution in [2.24, 2.45) is 0 Å². The highest BCUT2D eigenvalue weighted by atomic mass is 16.5. The summed E-state index contributed by atoms with van der Waals surface area (Å²) in [5.41, 5.74) is 2.19. The highest BCUT2D eigenvalue weighted by molar-refractivity contribution is 5.95. The van der Waals surface area contributed by atoms with Crippen molar-refractivity contribution in [3.05, 3.63) is 54.1 Å². The van der Waals surface area contributed by atoms with E-state index in [1.807, 2.05) is 35.2 Å². The molecule has 1 aliphatic rings. The summed E-state index contributed by atoms with van der Waals surface area (Å²) >= 11 is 0. The molecule has 2 N–H and O–H groups in total. The Morgan fingerprint density at radius 2 is 1.89 bits per heavy atom. The second kappa shape index (κ2) is 9.23. The van der Waals surface area contributed by atoms with E-state index in [-0.39, 0.29) is 24.6 Å². The molecule has 148 valence electrons. The van der Waals surface area contributed by atoms with Crippen LogP contribution in [0.1, 0.15) is 24.4 Å². The van der Waals surface area contributed by atoms with Crippen LogP contribution in [0.3, 0.4) is 0 Å². The number of carbonyl (C=O) groups is 2. The van der Waals surface area contributed by atoms with Gasteiger partial charge in [0.15, 0.2) is 0 Å². The van der Waals surface area contributed by atoms with Crippen LogP contribution in [0.15, 0.2) is 48.5 Å². The number of amides is 3. The van der Waals surface area contributed by atoms with E-state index in [2.05, 4.69) is 10.6 Å². The van der Waals surface area contributed by atoms with Crippen molar-refractivity contribution in [2.75, 3.05) is 38.0 Å². The Bertz CT molecular complexity index is 826. The molecule has 0 unspecified atom stereocenters. The van der Waals surface area contributed by atoms with Crippen LogP contribution < -0.4 is 15.4 Å². The van der Waals surface area contributed by atoms with Gasteiger partial charge in [-0.3, -0.25) is 4.79 Å². The van der Waals surface area contributed by atoms with Gasteiger partial charge in [0, 0.05) is 19.3 Å². The zero-order valence-electron chi connectivity index (χ0n) is 16.1. The topological polar surface area (TPSA) is 79.9 Å². The van der Waals surface area contributed by atoms with Gasteiger partial charge in [0.25, 0.3) is 0 Å². The predicted octanol–water partition coefficient (Wildman–Crippen LogP) is 3.65. The third-order valence-corrected chi connectivity index (χ3v) is 4.70. The summed E-state index contributed by atoms with van der Waals surface area (Å²) in [4.78, 5) is 26.6. The smallest absolute Gasteiger partial charge is 0.322 e. The van der Waals surface area contributed by atoms with Crippen molar-refractivity contribution >= 4 is 23.3 Å². The van der Waals surface area contributed by atoms with Gasteiger partial charge < -0.3 is 25.0 Å². The average molecular weight is 383 g/mol. The molecule has 28 heavy (non-hydrogen) atoms. The first kappa shape index (κ1) is 19.7. The lowest BCUT2D eigenvalue weighted by Crippen LogP contribution is -2.34. The van der Waals surface area contributed by atoms with Crippen LogP contribution in [-0.2, 0) is 9.53 Å². The maximum atomic E-state index is 12.9. The van der Waals surface area contributed by atoms with Gasteiger partial charge in [0.2, 0.25) is 5.91 Å². The Morgan fingerprint density at radius 3 is 2.61 bits per heavy atom. The van der Waals surface area contributed by atoms with Crippen LogP contribution >= 0.6 is 0 Å². The maximum Gasteiger partial charge on any atom is 0.322 e. The number of nitrogens with one attached hydrogen (secondary N) is 2. The van der Waals surface area contributed by atoms with E-state index >= 15 is 0 Å². The second-order valence-electron chi connectivity index (χ2n) is 6.59. The number of ether oxygens (including phenoxy) is 2. The average Bonchev–Trinajstić information content (AvgIpc) is 3.19. The van der Waals surface area contributed by atoms with E-state index < -0.39 is 0 Å². The van der Waals surface area contributed by atoms with Crippen molar-refractivity contribution < 1.29 is 19.1 Å². The van der Waals surface area contributed by atoms with Gasteiger partial charge in [0.05, 0.1) is 18.8 Å². The van der Waals surface area contributed by atoms with Gasteiger partial charge in [-0.15, -0.1) is 0 Å². The van der Waals surface area contributed by atoms with Gasteiger partial charge in [-0.2, -0.15) is 0 Å². The molecule has 0 spiro atoms. The minimum absolute atomic E-state index is 0.0632. The van der Waals surface area contributed by atoms with Crippen LogP contribution in [0.5, 0.6) is 5.75 Å². The number of hydrogen-bond donors (Lipinski definition) is 2. The number of rotatable bonds is 6. The first-order valence-electron chi connectivity index (χ1n) is 9.21. The normalized spacial score (nSPS) is 15.9. The molecule has 3 amide bonds. The van der Waals surface area contributed by atoms with E-state index in [0.29, 0.717) is 23.7 Å². The maximum absolute atomic E-state index is 12.9. The Balaban J connectivity index is 1.73. The summed E-state index contributed by atoms with van der Waals surface area (Å²) in [6, 6.07) is 15.1. The quantitative estimate of drug-likeness (QED) is 0.798. The number of nitrogens with zero attached hydrogens (tertiary/aromatic N) is 1. The zero-order valence-corrected chi connectivity index (χ0v) is 16.1. The molecule has 2 aromatic carbocycles. The molecular formula is C21H25N3O4. The van der Waals surface area contributed by atoms with Crippen LogP contribution in [-0.4, -0.2) is 44.2 Å². The largest absolute Gasteiger partial charge is 0.495 e. The lowest BCUT2D eigenvalue weighted by atomic mass is 10.1. The van der Waals surface area contributed by atoms with Crippen molar-refractivity contribution in [1.29, 1.82) is 0 Å². The minimum atomic E-state index is -0.298. The molecule has 0 aliphatic carbocycles. The molecule has 7 nitrogen and oxygen atoms in total. The minimum Gasteiger partial charge on any atom is -0.495 e. The lowest BCUT2D eigenvalue weighted by Gasteiger charge is -2.25. The number of carbonyl (C=O) groups excluding carboxylic acids is 2. The molecule has 1 atom stereocenters. The van der Waals surface area contributed by atoms with E-state index in [1.54, 1.807) is 18.2 Å². The summed E-state index contributed by atoms with van der Waals surface area (Å²) in [5.74, 6) is 0.207. The fourth-order valence-electron chi connectivity index (χ4n) is 3.43. The fraction of sp³-hybridized carbons (Fsp3) is 0.333. The number of anilines is 2. The molecule has 3 rings (SSSR count). The van der Waals surface area contributed by atoms with E-state index in [0.717, 1.165) is 18.4 Å². The lowest BCUT2D eigenvalue weighted by molar-refractivity contribution is -0.119. The molecule has 0 bridgehead atoms. The molecule has 1 aliphatic heterocycles. The Kier molecular flexibility index (Phi) is 6.49. The first-order chi connectivity index (χ1) is 13.6. The zero-order chi connectivity index (χ0) is 19.9. The Hall–Kier alpha value is -3.06. The summed E-state index contributed by atoms with van der Waals surface area (Å²) in [5, 5.41) is 5.66. The molecule has 2 aromatic rings. The van der Waals surface area contributed by atoms with Gasteiger partial charge >= 0.3 is 6.03 Å². The summed E-state index contributed by atoms with van der Waals surface area (Å²) in [7, 11) is 2.97. The van der Waals surface area contributed by atoms with Crippen LogP contribution in [0, 0.1) is 0 Å². The molecule has 7 heteroatoms. The van der Waals surface area contributed by atoms with Crippen molar-refractivity contribution in [3.63, 3.8) is 0 Å². The summed E-state index contributed by atoms with van der Waals surface area (Å²) in [6.07, 6.45) is 1.91. The van der Waals surface area contributed by atoms with Crippen LogP contribution in [0.25, 0.3) is 0 Å². The molecular weight excluding hydrogens is 358 g/mol. The van der Waals surface area contributed by atoms with Gasteiger partial charge in [-0.25, -0.2) is 4.79 Å². The number of benzene rings is 2. The van der Waals surface area contributed by atoms with E-state index in [9.17, 15) is 9.59 Å². The van der Waals surface area contributed by atoms with Crippen molar-refractivity contribution in [1.82, 2.24) is 4.90 Å². The van der Waals surface area contributed by atoms with Crippen LogP contribution in [0.2, 0.25) is 0 Å². The predicted molar refractivity (Wildman–Crippen MR) is 108 cm³/mol.